The van der Waals surface area contributed by atoms with Crippen LogP contribution in [0.1, 0.15) is 36.3 Å². The van der Waals surface area contributed by atoms with Crippen molar-refractivity contribution in [3.05, 3.63) is 46.8 Å². The second-order valence-electron chi connectivity index (χ2n) is 4.38. The minimum Gasteiger partial charge on any atom is -0.382 e. The molecule has 0 fully saturated rings. The van der Waals surface area contributed by atoms with Crippen LogP contribution in [0.4, 0.5) is 8.78 Å². The average molecular weight is 267 g/mol. The van der Waals surface area contributed by atoms with Crippen LogP contribution in [0.3, 0.4) is 0 Å². The Hall–Kier alpha value is -1.82. The van der Waals surface area contributed by atoms with Gasteiger partial charge in [-0.2, -0.15) is 0 Å². The van der Waals surface area contributed by atoms with Crippen molar-refractivity contribution in [1.29, 1.82) is 0 Å². The molecule has 0 bridgehead atoms. The molecule has 0 radical (unpaired) electrons. The number of hydrogen-bond acceptors (Lipinski definition) is 3. The van der Waals surface area contributed by atoms with Crippen LogP contribution in [0.2, 0.25) is 0 Å². The third kappa shape index (κ3) is 2.49. The molecule has 0 amide bonds. The van der Waals surface area contributed by atoms with Crippen molar-refractivity contribution in [2.75, 3.05) is 0 Å². The van der Waals surface area contributed by atoms with Crippen molar-refractivity contribution >= 4 is 0 Å². The van der Waals surface area contributed by atoms with Gasteiger partial charge in [-0.3, -0.25) is 0 Å². The van der Waals surface area contributed by atoms with Gasteiger partial charge in [-0.1, -0.05) is 18.2 Å². The number of aromatic nitrogens is 3. The first-order valence-electron chi connectivity index (χ1n) is 6.07. The summed E-state index contributed by atoms with van der Waals surface area (Å²) in [6.07, 6.45) is 0.685. The summed E-state index contributed by atoms with van der Waals surface area (Å²) in [5, 5.41) is 17.7. The summed E-state index contributed by atoms with van der Waals surface area (Å²) in [6.45, 7) is 3.99. The molecule has 102 valence electrons. The van der Waals surface area contributed by atoms with Crippen LogP contribution in [0.15, 0.2) is 18.3 Å². The van der Waals surface area contributed by atoms with Gasteiger partial charge in [0.05, 0.1) is 17.5 Å². The predicted molar refractivity (Wildman–Crippen MR) is 65.5 cm³/mol. The molecule has 0 aliphatic carbocycles. The first-order valence-corrected chi connectivity index (χ1v) is 6.07. The predicted octanol–water partition coefficient (Wildman–Crippen LogP) is 2.36. The fourth-order valence-corrected chi connectivity index (χ4v) is 1.94. The van der Waals surface area contributed by atoms with Crippen LogP contribution >= 0.6 is 0 Å². The summed E-state index contributed by atoms with van der Waals surface area (Å²) < 4.78 is 29.2. The van der Waals surface area contributed by atoms with Gasteiger partial charge in [0.1, 0.15) is 17.7 Å². The van der Waals surface area contributed by atoms with E-state index in [1.165, 1.54) is 23.9 Å². The van der Waals surface area contributed by atoms with Crippen LogP contribution < -0.4 is 0 Å². The minimum atomic E-state index is -1.42. The number of rotatable bonds is 4. The van der Waals surface area contributed by atoms with Gasteiger partial charge in [0.15, 0.2) is 0 Å². The summed E-state index contributed by atoms with van der Waals surface area (Å²) in [5.74, 6) is -1.52. The zero-order valence-corrected chi connectivity index (χ0v) is 10.8. The third-order valence-corrected chi connectivity index (χ3v) is 2.96. The highest BCUT2D eigenvalue weighted by molar-refractivity contribution is 5.32. The molecule has 1 N–H and O–H groups in total. The van der Waals surface area contributed by atoms with Crippen molar-refractivity contribution in [2.45, 2.75) is 32.9 Å². The fraction of sp³-hybridized carbons (Fsp3) is 0.385. The van der Waals surface area contributed by atoms with Crippen molar-refractivity contribution < 1.29 is 13.9 Å². The lowest BCUT2D eigenvalue weighted by Crippen LogP contribution is -2.13. The molecule has 0 aliphatic heterocycles. The maximum atomic E-state index is 14.0. The summed E-state index contributed by atoms with van der Waals surface area (Å²) in [7, 11) is 0. The standard InChI is InChI=1S/C13H15F2N3O/c1-3-6-18-10(7-16-17-18)13(19)11-9(14)5-4-8(2)12(11)15/h4-5,7,13,19H,3,6H2,1-2H3. The number of aryl methyl sites for hydroxylation is 2. The maximum absolute atomic E-state index is 14.0. The lowest BCUT2D eigenvalue weighted by molar-refractivity contribution is 0.196. The number of hydrogen-bond donors (Lipinski definition) is 1. The van der Waals surface area contributed by atoms with Crippen LogP contribution in [-0.4, -0.2) is 20.1 Å². The lowest BCUT2D eigenvalue weighted by atomic mass is 10.0. The highest BCUT2D eigenvalue weighted by atomic mass is 19.1. The Morgan fingerprint density at radius 3 is 2.79 bits per heavy atom. The largest absolute Gasteiger partial charge is 0.382 e. The fourth-order valence-electron chi connectivity index (χ4n) is 1.94. The third-order valence-electron chi connectivity index (χ3n) is 2.96. The molecule has 0 spiro atoms. The van der Waals surface area contributed by atoms with Crippen molar-refractivity contribution in [2.24, 2.45) is 0 Å². The van der Waals surface area contributed by atoms with Gasteiger partial charge in [-0.05, 0) is 25.0 Å². The van der Waals surface area contributed by atoms with Gasteiger partial charge in [0, 0.05) is 6.54 Å². The Balaban J connectivity index is 2.47. The zero-order chi connectivity index (χ0) is 14.0. The Kier molecular flexibility index (Phi) is 3.90. The quantitative estimate of drug-likeness (QED) is 0.925. The summed E-state index contributed by atoms with van der Waals surface area (Å²) in [6, 6.07) is 2.48. The van der Waals surface area contributed by atoms with Crippen LogP contribution in [-0.2, 0) is 6.54 Å². The Morgan fingerprint density at radius 1 is 1.37 bits per heavy atom. The minimum absolute atomic E-state index is 0.282. The van der Waals surface area contributed by atoms with Gasteiger partial charge in [-0.15, -0.1) is 5.10 Å². The average Bonchev–Trinajstić information content (AvgIpc) is 2.83. The van der Waals surface area contributed by atoms with E-state index in [1.54, 1.807) is 0 Å². The molecule has 19 heavy (non-hydrogen) atoms. The molecule has 2 rings (SSSR count). The molecule has 2 aromatic rings. The van der Waals surface area contributed by atoms with Gasteiger partial charge < -0.3 is 5.11 Å². The summed E-state index contributed by atoms with van der Waals surface area (Å²) in [4.78, 5) is 0. The molecule has 6 heteroatoms. The van der Waals surface area contributed by atoms with Crippen molar-refractivity contribution in [1.82, 2.24) is 15.0 Å². The first kappa shape index (κ1) is 13.6. The SMILES string of the molecule is CCCn1nncc1C(O)c1c(F)ccc(C)c1F. The molecular weight excluding hydrogens is 252 g/mol. The van der Waals surface area contributed by atoms with E-state index in [1.807, 2.05) is 6.92 Å². The van der Waals surface area contributed by atoms with Crippen LogP contribution in [0.25, 0.3) is 0 Å². The zero-order valence-electron chi connectivity index (χ0n) is 10.8. The molecule has 1 heterocycles. The van der Waals surface area contributed by atoms with E-state index in [0.717, 1.165) is 12.5 Å². The molecule has 0 saturated heterocycles. The van der Waals surface area contributed by atoms with E-state index in [2.05, 4.69) is 10.3 Å². The van der Waals surface area contributed by atoms with E-state index >= 15 is 0 Å². The molecule has 1 aromatic carbocycles. The van der Waals surface area contributed by atoms with E-state index in [4.69, 9.17) is 0 Å². The Bertz CT molecular complexity index is 583. The normalized spacial score (nSPS) is 12.7. The second kappa shape index (κ2) is 5.44. The molecule has 1 aromatic heterocycles. The maximum Gasteiger partial charge on any atom is 0.135 e. The van der Waals surface area contributed by atoms with Crippen LogP contribution in [0.5, 0.6) is 0 Å². The first-order chi connectivity index (χ1) is 9.06. The van der Waals surface area contributed by atoms with E-state index in [9.17, 15) is 13.9 Å². The molecule has 1 unspecified atom stereocenters. The monoisotopic (exact) mass is 267 g/mol. The Labute approximate surface area is 109 Å². The summed E-state index contributed by atoms with van der Waals surface area (Å²) in [5.41, 5.74) is 0.204. The van der Waals surface area contributed by atoms with E-state index < -0.39 is 17.7 Å². The molecule has 1 atom stereocenters. The highest BCUT2D eigenvalue weighted by Crippen LogP contribution is 2.28. The van der Waals surface area contributed by atoms with Gasteiger partial charge in [-0.25, -0.2) is 13.5 Å². The van der Waals surface area contributed by atoms with Crippen molar-refractivity contribution in [3.8, 4) is 0 Å². The molecule has 0 saturated carbocycles. The Morgan fingerprint density at radius 2 is 2.11 bits per heavy atom. The molecule has 4 nitrogen and oxygen atoms in total. The summed E-state index contributed by atoms with van der Waals surface area (Å²) >= 11 is 0. The van der Waals surface area contributed by atoms with Gasteiger partial charge in [0.25, 0.3) is 0 Å². The van der Waals surface area contributed by atoms with E-state index in [0.29, 0.717) is 6.54 Å². The number of aliphatic hydroxyl groups excluding tert-OH is 1. The molecule has 0 aliphatic rings. The second-order valence-corrected chi connectivity index (χ2v) is 4.38. The van der Waals surface area contributed by atoms with Gasteiger partial charge >= 0.3 is 0 Å². The number of nitrogens with zero attached hydrogens (tertiary/aromatic N) is 3. The smallest absolute Gasteiger partial charge is 0.135 e. The topological polar surface area (TPSA) is 50.9 Å². The van der Waals surface area contributed by atoms with E-state index in [-0.39, 0.29) is 16.8 Å². The highest BCUT2D eigenvalue weighted by Gasteiger charge is 2.24. The number of aliphatic hydroxyl groups is 1. The number of halogens is 2. The lowest BCUT2D eigenvalue weighted by Gasteiger charge is -2.15. The van der Waals surface area contributed by atoms with Crippen LogP contribution in [0, 0.1) is 18.6 Å². The van der Waals surface area contributed by atoms with Gasteiger partial charge in [0.2, 0.25) is 0 Å². The number of benzene rings is 1. The molecular formula is C13H15F2N3O. The van der Waals surface area contributed by atoms with Crippen molar-refractivity contribution in [3.63, 3.8) is 0 Å².